The summed E-state index contributed by atoms with van der Waals surface area (Å²) in [5.74, 6) is -9.35. The van der Waals surface area contributed by atoms with Crippen molar-refractivity contribution in [1.29, 1.82) is 0 Å². The fourth-order valence-corrected chi connectivity index (χ4v) is 7.58. The van der Waals surface area contributed by atoms with Gasteiger partial charge in [0.2, 0.25) is 47.3 Å². The maximum atomic E-state index is 14.1. The molecule has 0 aliphatic carbocycles. The molecule has 8 amide bonds. The molecule has 1 aromatic carbocycles. The standard InChI is InChI=1S/C50H84N10O13/c1-27(2)21-35(58-49(71)42(31(9)61)60-48(70)37(23-29(5)6)56-43(65)33(52)18-19-41(63)64)44(66)53-26-40(62)54-38(25-32-15-11-10-12-16-32)47(69)57-36(22-28(3)4)46(68)55-34(17-13-14-20-51)45(67)59-39(50(72)73)24-30(7)8/h10-12,15-16,27-31,33-39,42,61H,13-14,17-26,51-52H2,1-9H3,(H,53,66)(H,54,62)(H,55,68)(H,56,65)(H,57,69)(H,58,71)(H,59,67)(H,60,70)(H,63,64)(H,72,73)/t31-,33+,34+,35+,36+,37+,38+,39+,42+/m1/s1. The molecule has 0 bridgehead atoms. The highest BCUT2D eigenvalue weighted by Gasteiger charge is 2.35. The van der Waals surface area contributed by atoms with E-state index in [4.69, 9.17) is 16.6 Å². The van der Waals surface area contributed by atoms with E-state index in [1.807, 2.05) is 27.7 Å². The van der Waals surface area contributed by atoms with Gasteiger partial charge >= 0.3 is 11.9 Å². The van der Waals surface area contributed by atoms with E-state index in [9.17, 15) is 58.2 Å². The number of rotatable bonds is 35. The van der Waals surface area contributed by atoms with E-state index in [0.717, 1.165) is 0 Å². The number of hydrogen-bond donors (Lipinski definition) is 13. The second kappa shape index (κ2) is 33.5. The number of aliphatic hydroxyl groups is 1. The molecule has 0 aromatic heterocycles. The van der Waals surface area contributed by atoms with Crippen LogP contribution in [-0.4, -0.2) is 142 Å². The van der Waals surface area contributed by atoms with Crippen LogP contribution in [-0.2, 0) is 54.4 Å². The Kier molecular flexibility index (Phi) is 29.8. The largest absolute Gasteiger partial charge is 0.481 e. The van der Waals surface area contributed by atoms with E-state index < -0.39 is 120 Å². The Bertz CT molecular complexity index is 1970. The Labute approximate surface area is 429 Å². The third kappa shape index (κ3) is 26.4. The molecule has 1 rings (SSSR count). The first-order valence-electron chi connectivity index (χ1n) is 25.2. The fourth-order valence-electron chi connectivity index (χ4n) is 7.58. The van der Waals surface area contributed by atoms with Gasteiger partial charge in [-0.15, -0.1) is 0 Å². The second-order valence-electron chi connectivity index (χ2n) is 20.2. The van der Waals surface area contributed by atoms with Gasteiger partial charge in [-0.2, -0.15) is 0 Å². The van der Waals surface area contributed by atoms with Crippen LogP contribution in [0, 0.1) is 23.7 Å². The van der Waals surface area contributed by atoms with Gasteiger partial charge < -0.3 is 69.3 Å². The van der Waals surface area contributed by atoms with E-state index in [2.05, 4.69) is 42.5 Å². The smallest absolute Gasteiger partial charge is 0.326 e. The van der Waals surface area contributed by atoms with Gasteiger partial charge in [0.05, 0.1) is 18.7 Å². The van der Waals surface area contributed by atoms with Gasteiger partial charge in [0, 0.05) is 12.8 Å². The number of aliphatic hydroxyl groups excluding tert-OH is 1. The molecular formula is C50H84N10O13. The zero-order chi connectivity index (χ0) is 55.5. The van der Waals surface area contributed by atoms with Crippen LogP contribution in [0.2, 0.25) is 0 Å². The van der Waals surface area contributed by atoms with Gasteiger partial charge in [-0.3, -0.25) is 43.2 Å². The lowest BCUT2D eigenvalue weighted by molar-refractivity contribution is -0.143. The molecule has 0 spiro atoms. The monoisotopic (exact) mass is 1030 g/mol. The Morgan fingerprint density at radius 3 is 1.44 bits per heavy atom. The Morgan fingerprint density at radius 2 is 0.945 bits per heavy atom. The van der Waals surface area contributed by atoms with Crippen LogP contribution in [0.1, 0.15) is 126 Å². The summed E-state index contributed by atoms with van der Waals surface area (Å²) < 4.78 is 0. The summed E-state index contributed by atoms with van der Waals surface area (Å²) in [6.07, 6.45) is -0.626. The third-order valence-electron chi connectivity index (χ3n) is 11.3. The summed E-state index contributed by atoms with van der Waals surface area (Å²) in [7, 11) is 0. The maximum absolute atomic E-state index is 14.1. The lowest BCUT2D eigenvalue weighted by Crippen LogP contribution is -2.61. The minimum atomic E-state index is -1.62. The highest BCUT2D eigenvalue weighted by atomic mass is 16.4. The van der Waals surface area contributed by atoms with E-state index >= 15 is 0 Å². The number of carboxylic acid groups (broad SMARTS) is 2. The quantitative estimate of drug-likeness (QED) is 0.0389. The molecular weight excluding hydrogens is 949 g/mol. The second-order valence-corrected chi connectivity index (χ2v) is 20.2. The molecule has 0 fully saturated rings. The van der Waals surface area contributed by atoms with E-state index in [-0.39, 0.29) is 75.0 Å². The lowest BCUT2D eigenvalue weighted by Gasteiger charge is -2.28. The first-order valence-corrected chi connectivity index (χ1v) is 25.2. The van der Waals surface area contributed by atoms with Gasteiger partial charge in [0.1, 0.15) is 42.3 Å². The Hall–Kier alpha value is -6.20. The Morgan fingerprint density at radius 1 is 0.507 bits per heavy atom. The van der Waals surface area contributed by atoms with Crippen molar-refractivity contribution in [3.8, 4) is 0 Å². The number of carbonyl (C=O) groups excluding carboxylic acids is 8. The highest BCUT2D eigenvalue weighted by Crippen LogP contribution is 2.13. The summed E-state index contributed by atoms with van der Waals surface area (Å²) in [6.45, 7) is 15.2. The fraction of sp³-hybridized carbons (Fsp3) is 0.680. The third-order valence-corrected chi connectivity index (χ3v) is 11.3. The van der Waals surface area contributed by atoms with Crippen molar-refractivity contribution in [2.24, 2.45) is 35.1 Å². The predicted octanol–water partition coefficient (Wildman–Crippen LogP) is -0.290. The molecule has 0 radical (unpaired) electrons. The van der Waals surface area contributed by atoms with E-state index in [1.54, 1.807) is 58.0 Å². The van der Waals surface area contributed by atoms with E-state index in [1.165, 1.54) is 6.92 Å². The number of unbranched alkanes of at least 4 members (excludes halogenated alkanes) is 1. The minimum absolute atomic E-state index is 0.0450. The van der Waals surface area contributed by atoms with Crippen LogP contribution in [0.4, 0.5) is 0 Å². The summed E-state index contributed by atoms with van der Waals surface area (Å²) >= 11 is 0. The topological polar surface area (TPSA) is 380 Å². The van der Waals surface area contributed by atoms with Crippen molar-refractivity contribution in [2.75, 3.05) is 13.1 Å². The van der Waals surface area contributed by atoms with Gasteiger partial charge in [-0.25, -0.2) is 4.79 Å². The summed E-state index contributed by atoms with van der Waals surface area (Å²) in [4.78, 5) is 132. The van der Waals surface area contributed by atoms with E-state index in [0.29, 0.717) is 24.9 Å². The first-order chi connectivity index (χ1) is 34.1. The normalized spacial score (nSPS) is 15.1. The number of nitrogens with one attached hydrogen (secondary N) is 8. The molecule has 23 nitrogen and oxygen atoms in total. The summed E-state index contributed by atoms with van der Waals surface area (Å²) in [6, 6.07) is -1.57. The average Bonchev–Trinajstić information content (AvgIpc) is 3.29. The van der Waals surface area contributed by atoms with Crippen molar-refractivity contribution >= 4 is 59.2 Å². The number of amides is 8. The molecule has 0 saturated heterocycles. The molecule has 23 heteroatoms. The van der Waals surface area contributed by atoms with Gasteiger partial charge in [-0.05, 0) is 94.1 Å². The van der Waals surface area contributed by atoms with Crippen LogP contribution in [0.3, 0.4) is 0 Å². The molecule has 0 unspecified atom stereocenters. The molecule has 0 aliphatic heterocycles. The first kappa shape index (κ1) is 64.8. The van der Waals surface area contributed by atoms with Crippen LogP contribution >= 0.6 is 0 Å². The molecule has 412 valence electrons. The SMILES string of the molecule is CC(C)C[C@H](NC(=O)[C@H](CCCCN)NC(=O)[C@H](CC(C)C)NC(=O)[C@H](Cc1ccccc1)NC(=O)CNC(=O)[C@H](CC(C)C)NC(=O)[C@@H](NC(=O)[C@H](CC(C)C)NC(=O)[C@@H](N)CCC(=O)O)[C@@H](C)O)C(=O)O. The summed E-state index contributed by atoms with van der Waals surface area (Å²) in [5, 5.41) is 49.9. The van der Waals surface area contributed by atoms with Crippen molar-refractivity contribution in [1.82, 2.24) is 42.5 Å². The van der Waals surface area contributed by atoms with Crippen molar-refractivity contribution in [2.45, 2.75) is 181 Å². The number of benzene rings is 1. The molecule has 15 N–H and O–H groups in total. The van der Waals surface area contributed by atoms with Crippen molar-refractivity contribution in [3.05, 3.63) is 35.9 Å². The van der Waals surface area contributed by atoms with Crippen LogP contribution in [0.15, 0.2) is 30.3 Å². The van der Waals surface area contributed by atoms with Crippen molar-refractivity contribution in [3.63, 3.8) is 0 Å². The Balaban J connectivity index is 3.32. The maximum Gasteiger partial charge on any atom is 0.326 e. The zero-order valence-electron chi connectivity index (χ0n) is 44.0. The number of aliphatic carboxylic acids is 2. The molecule has 9 atom stereocenters. The van der Waals surface area contributed by atoms with Gasteiger partial charge in [0.25, 0.3) is 0 Å². The highest BCUT2D eigenvalue weighted by molar-refractivity contribution is 5.97. The van der Waals surface area contributed by atoms with Crippen LogP contribution in [0.5, 0.6) is 0 Å². The molecule has 1 aromatic rings. The molecule has 0 heterocycles. The van der Waals surface area contributed by atoms with Crippen molar-refractivity contribution < 1.29 is 63.3 Å². The lowest BCUT2D eigenvalue weighted by atomic mass is 9.99. The van der Waals surface area contributed by atoms with Crippen LogP contribution < -0.4 is 54.0 Å². The number of hydrogen-bond acceptors (Lipinski definition) is 13. The molecule has 0 saturated carbocycles. The zero-order valence-corrected chi connectivity index (χ0v) is 44.0. The number of carbonyl (C=O) groups is 10. The predicted molar refractivity (Wildman–Crippen MR) is 272 cm³/mol. The number of carboxylic acids is 2. The average molecular weight is 1030 g/mol. The van der Waals surface area contributed by atoms with Crippen LogP contribution in [0.25, 0.3) is 0 Å². The summed E-state index contributed by atoms with van der Waals surface area (Å²) in [5.41, 5.74) is 12.2. The molecule has 73 heavy (non-hydrogen) atoms. The van der Waals surface area contributed by atoms with Gasteiger partial charge in [-0.1, -0.05) is 85.7 Å². The molecule has 0 aliphatic rings. The minimum Gasteiger partial charge on any atom is -0.481 e. The number of nitrogens with two attached hydrogens (primary N) is 2. The van der Waals surface area contributed by atoms with Gasteiger partial charge in [0.15, 0.2) is 0 Å².